The molecule has 20 heavy (non-hydrogen) atoms. The molecule has 1 aromatic heterocycles. The maximum absolute atomic E-state index is 13.0. The molecule has 1 heterocycles. The fraction of sp³-hybridized carbons (Fsp3) is 0.176. The number of aromatic amines is 1. The highest BCUT2D eigenvalue weighted by Crippen LogP contribution is 2.17. The molecule has 0 atom stereocenters. The largest absolute Gasteiger partial charge is 0.361 e. The zero-order chi connectivity index (χ0) is 13.8. The predicted molar refractivity (Wildman–Crippen MR) is 80.1 cm³/mol. The van der Waals surface area contributed by atoms with Gasteiger partial charge in [0.15, 0.2) is 0 Å². The van der Waals surface area contributed by atoms with Crippen LogP contribution in [0.4, 0.5) is 4.39 Å². The molecule has 2 nitrogen and oxygen atoms in total. The van der Waals surface area contributed by atoms with E-state index in [0.717, 1.165) is 18.5 Å². The van der Waals surface area contributed by atoms with Gasteiger partial charge in [-0.25, -0.2) is 4.39 Å². The Morgan fingerprint density at radius 3 is 2.85 bits per heavy atom. The molecule has 0 saturated heterocycles. The van der Waals surface area contributed by atoms with Gasteiger partial charge in [-0.1, -0.05) is 30.3 Å². The summed E-state index contributed by atoms with van der Waals surface area (Å²) in [5.41, 5.74) is 3.46. The molecule has 2 aromatic carbocycles. The van der Waals surface area contributed by atoms with Crippen molar-refractivity contribution in [2.45, 2.75) is 13.0 Å². The van der Waals surface area contributed by atoms with Crippen molar-refractivity contribution in [3.8, 4) is 0 Å². The monoisotopic (exact) mass is 268 g/mol. The lowest BCUT2D eigenvalue weighted by molar-refractivity contribution is 0.620. The lowest BCUT2D eigenvalue weighted by atomic mass is 10.1. The SMILES string of the molecule is Fc1cccc(CNCCc2c[nH]c3ccccc23)c1. The van der Waals surface area contributed by atoms with E-state index in [-0.39, 0.29) is 5.82 Å². The Hall–Kier alpha value is -2.13. The highest BCUT2D eigenvalue weighted by Gasteiger charge is 2.02. The van der Waals surface area contributed by atoms with Crippen molar-refractivity contribution in [3.05, 3.63) is 71.7 Å². The number of fused-ring (bicyclic) bond motifs is 1. The first kappa shape index (κ1) is 12.9. The van der Waals surface area contributed by atoms with Crippen LogP contribution in [0.5, 0.6) is 0 Å². The minimum Gasteiger partial charge on any atom is -0.361 e. The number of H-pyrrole nitrogens is 1. The highest BCUT2D eigenvalue weighted by atomic mass is 19.1. The minimum atomic E-state index is -0.180. The van der Waals surface area contributed by atoms with E-state index >= 15 is 0 Å². The number of halogens is 1. The van der Waals surface area contributed by atoms with Gasteiger partial charge in [0.1, 0.15) is 5.82 Å². The molecule has 0 bridgehead atoms. The summed E-state index contributed by atoms with van der Waals surface area (Å²) in [6.07, 6.45) is 3.02. The second-order valence-electron chi connectivity index (χ2n) is 4.92. The molecule has 0 aliphatic rings. The van der Waals surface area contributed by atoms with Gasteiger partial charge in [0, 0.05) is 23.6 Å². The Morgan fingerprint density at radius 2 is 1.95 bits per heavy atom. The van der Waals surface area contributed by atoms with Gasteiger partial charge in [0.05, 0.1) is 0 Å². The maximum Gasteiger partial charge on any atom is 0.123 e. The summed E-state index contributed by atoms with van der Waals surface area (Å²) in [6.45, 7) is 1.57. The van der Waals surface area contributed by atoms with Crippen LogP contribution in [-0.2, 0) is 13.0 Å². The van der Waals surface area contributed by atoms with Crippen LogP contribution >= 0.6 is 0 Å². The molecule has 3 rings (SSSR count). The predicted octanol–water partition coefficient (Wildman–Crippen LogP) is 3.64. The van der Waals surface area contributed by atoms with Crippen LogP contribution < -0.4 is 5.32 Å². The lowest BCUT2D eigenvalue weighted by Gasteiger charge is -2.04. The molecule has 0 spiro atoms. The van der Waals surface area contributed by atoms with Crippen molar-refractivity contribution in [2.75, 3.05) is 6.54 Å². The van der Waals surface area contributed by atoms with Crippen LogP contribution in [0.3, 0.4) is 0 Å². The van der Waals surface area contributed by atoms with Gasteiger partial charge in [0.2, 0.25) is 0 Å². The van der Waals surface area contributed by atoms with Crippen molar-refractivity contribution in [1.82, 2.24) is 10.3 Å². The van der Waals surface area contributed by atoms with Crippen molar-refractivity contribution in [1.29, 1.82) is 0 Å². The Labute approximate surface area is 117 Å². The second kappa shape index (κ2) is 5.88. The van der Waals surface area contributed by atoms with E-state index in [9.17, 15) is 4.39 Å². The summed E-state index contributed by atoms with van der Waals surface area (Å²) in [5, 5.41) is 4.63. The number of benzene rings is 2. The average Bonchev–Trinajstić information content (AvgIpc) is 2.87. The first-order valence-corrected chi connectivity index (χ1v) is 6.83. The van der Waals surface area contributed by atoms with Gasteiger partial charge in [-0.15, -0.1) is 0 Å². The van der Waals surface area contributed by atoms with Crippen LogP contribution in [0, 0.1) is 5.82 Å². The molecule has 0 aliphatic heterocycles. The van der Waals surface area contributed by atoms with Gasteiger partial charge >= 0.3 is 0 Å². The van der Waals surface area contributed by atoms with Gasteiger partial charge < -0.3 is 10.3 Å². The highest BCUT2D eigenvalue weighted by molar-refractivity contribution is 5.83. The average molecular weight is 268 g/mol. The van der Waals surface area contributed by atoms with E-state index in [4.69, 9.17) is 0 Å². The molecule has 3 aromatic rings. The summed E-state index contributed by atoms with van der Waals surface area (Å²) in [5.74, 6) is -0.180. The van der Waals surface area contributed by atoms with Crippen molar-refractivity contribution < 1.29 is 4.39 Å². The number of para-hydroxylation sites is 1. The molecule has 0 aliphatic carbocycles. The van der Waals surface area contributed by atoms with Crippen molar-refractivity contribution in [3.63, 3.8) is 0 Å². The molecular formula is C17H17FN2. The molecule has 0 saturated carbocycles. The van der Waals surface area contributed by atoms with Crippen molar-refractivity contribution >= 4 is 10.9 Å². The van der Waals surface area contributed by atoms with Gasteiger partial charge in [0.25, 0.3) is 0 Å². The summed E-state index contributed by atoms with van der Waals surface area (Å²) >= 11 is 0. The number of aromatic nitrogens is 1. The molecule has 0 fully saturated rings. The van der Waals surface area contributed by atoms with E-state index in [1.165, 1.54) is 22.5 Å². The number of hydrogen-bond donors (Lipinski definition) is 2. The Kier molecular flexibility index (Phi) is 3.79. The first-order valence-electron chi connectivity index (χ1n) is 6.83. The topological polar surface area (TPSA) is 27.8 Å². The van der Waals surface area contributed by atoms with Gasteiger partial charge in [-0.2, -0.15) is 0 Å². The fourth-order valence-corrected chi connectivity index (χ4v) is 2.44. The number of rotatable bonds is 5. The summed E-state index contributed by atoms with van der Waals surface area (Å²) in [6, 6.07) is 15.0. The van der Waals surface area contributed by atoms with Crippen LogP contribution in [0.15, 0.2) is 54.7 Å². The van der Waals surface area contributed by atoms with Crippen molar-refractivity contribution in [2.24, 2.45) is 0 Å². The Balaban J connectivity index is 1.55. The van der Waals surface area contributed by atoms with E-state index in [1.807, 2.05) is 12.1 Å². The molecule has 2 N–H and O–H groups in total. The zero-order valence-corrected chi connectivity index (χ0v) is 11.2. The molecule has 0 amide bonds. The maximum atomic E-state index is 13.0. The third kappa shape index (κ3) is 2.89. The van der Waals surface area contributed by atoms with Gasteiger partial charge in [-0.3, -0.25) is 0 Å². The van der Waals surface area contributed by atoms with E-state index < -0.39 is 0 Å². The molecular weight excluding hydrogens is 251 g/mol. The van der Waals surface area contributed by atoms with E-state index in [1.54, 1.807) is 12.1 Å². The van der Waals surface area contributed by atoms with Crippen LogP contribution in [0.1, 0.15) is 11.1 Å². The summed E-state index contributed by atoms with van der Waals surface area (Å²) < 4.78 is 13.0. The molecule has 0 unspecified atom stereocenters. The third-order valence-corrected chi connectivity index (χ3v) is 3.46. The van der Waals surface area contributed by atoms with E-state index in [2.05, 4.69) is 34.7 Å². The third-order valence-electron chi connectivity index (χ3n) is 3.46. The smallest absolute Gasteiger partial charge is 0.123 e. The Bertz CT molecular complexity index is 703. The molecule has 102 valence electrons. The normalized spacial score (nSPS) is 11.1. The zero-order valence-electron chi connectivity index (χ0n) is 11.2. The van der Waals surface area contributed by atoms with Crippen LogP contribution in [0.25, 0.3) is 10.9 Å². The number of nitrogens with one attached hydrogen (secondary N) is 2. The van der Waals surface area contributed by atoms with E-state index in [0.29, 0.717) is 6.54 Å². The molecule has 0 radical (unpaired) electrons. The lowest BCUT2D eigenvalue weighted by Crippen LogP contribution is -2.16. The summed E-state index contributed by atoms with van der Waals surface area (Å²) in [4.78, 5) is 3.28. The first-order chi connectivity index (χ1) is 9.83. The van der Waals surface area contributed by atoms with Gasteiger partial charge in [-0.05, 0) is 42.3 Å². The Morgan fingerprint density at radius 1 is 1.05 bits per heavy atom. The second-order valence-corrected chi connectivity index (χ2v) is 4.92. The quantitative estimate of drug-likeness (QED) is 0.679. The number of hydrogen-bond acceptors (Lipinski definition) is 1. The minimum absolute atomic E-state index is 0.180. The standard InChI is InChI=1S/C17H17FN2/c18-15-5-3-4-13(10-15)11-19-9-8-14-12-20-17-7-2-1-6-16(14)17/h1-7,10,12,19-20H,8-9,11H2. The van der Waals surface area contributed by atoms with Crippen LogP contribution in [-0.4, -0.2) is 11.5 Å². The molecule has 3 heteroatoms. The summed E-state index contributed by atoms with van der Waals surface area (Å²) in [7, 11) is 0. The fourth-order valence-electron chi connectivity index (χ4n) is 2.44. The van der Waals surface area contributed by atoms with Crippen LogP contribution in [0.2, 0.25) is 0 Å².